The Kier molecular flexibility index (Phi) is 3.67. The van der Waals surface area contributed by atoms with Gasteiger partial charge in [-0.2, -0.15) is 0 Å². The maximum absolute atomic E-state index is 10.0. The van der Waals surface area contributed by atoms with E-state index in [1.54, 1.807) is 0 Å². The van der Waals surface area contributed by atoms with Crippen molar-refractivity contribution < 1.29 is 5.11 Å². The van der Waals surface area contributed by atoms with Gasteiger partial charge in [-0.1, -0.05) is 31.5 Å². The van der Waals surface area contributed by atoms with Gasteiger partial charge in [-0.05, 0) is 44.7 Å². The number of likely N-dealkylation sites (tertiary alicyclic amines) is 1. The van der Waals surface area contributed by atoms with Gasteiger partial charge < -0.3 is 5.11 Å². The predicted octanol–water partition coefficient (Wildman–Crippen LogP) is 3.88. The van der Waals surface area contributed by atoms with Crippen LogP contribution < -0.4 is 0 Å². The highest BCUT2D eigenvalue weighted by Gasteiger charge is 2.30. The van der Waals surface area contributed by atoms with Crippen molar-refractivity contribution in [2.75, 3.05) is 13.1 Å². The Bertz CT molecular complexity index is 425. The third-order valence-corrected chi connectivity index (χ3v) is 4.11. The molecule has 1 unspecified atom stereocenters. The van der Waals surface area contributed by atoms with Crippen LogP contribution in [0.2, 0.25) is 0 Å². The number of piperidine rings is 1. The summed E-state index contributed by atoms with van der Waals surface area (Å²) in [7, 11) is 0. The number of benzene rings is 1. The van der Waals surface area contributed by atoms with Crippen LogP contribution in [0.5, 0.6) is 5.75 Å². The second-order valence-corrected chi connectivity index (χ2v) is 6.48. The molecule has 2 rings (SSSR count). The molecular weight excluding hydrogens is 222 g/mol. The summed E-state index contributed by atoms with van der Waals surface area (Å²) in [6.07, 6.45) is 2.56. The molecule has 1 saturated heterocycles. The fraction of sp³-hybridized carbons (Fsp3) is 0.625. The molecule has 1 aliphatic rings. The van der Waals surface area contributed by atoms with Gasteiger partial charge in [0.1, 0.15) is 5.75 Å². The van der Waals surface area contributed by atoms with E-state index < -0.39 is 0 Å². The van der Waals surface area contributed by atoms with E-state index in [-0.39, 0.29) is 0 Å². The van der Waals surface area contributed by atoms with Crippen LogP contribution in [-0.4, -0.2) is 23.1 Å². The molecule has 0 amide bonds. The zero-order chi connectivity index (χ0) is 13.3. The molecule has 1 aromatic carbocycles. The van der Waals surface area contributed by atoms with Gasteiger partial charge in [-0.15, -0.1) is 0 Å². The van der Waals surface area contributed by atoms with Crippen molar-refractivity contribution in [1.82, 2.24) is 4.90 Å². The minimum absolute atomic E-state index is 0.296. The molecule has 1 fully saturated rings. The smallest absolute Gasteiger partial charge is 0.120 e. The Hall–Kier alpha value is -1.02. The summed E-state index contributed by atoms with van der Waals surface area (Å²) in [6.45, 7) is 11.2. The van der Waals surface area contributed by atoms with Crippen molar-refractivity contribution in [3.63, 3.8) is 0 Å². The van der Waals surface area contributed by atoms with E-state index in [1.165, 1.54) is 18.4 Å². The van der Waals surface area contributed by atoms with Gasteiger partial charge in [-0.25, -0.2) is 0 Å². The SMILES string of the molecule is Cc1ccc(O)c(C(C)N2CCCC(C)(C)C2)c1. The number of phenolic OH excluding ortho intramolecular Hbond substituents is 1. The molecule has 2 heteroatoms. The van der Waals surface area contributed by atoms with Crippen LogP contribution >= 0.6 is 0 Å². The zero-order valence-electron chi connectivity index (χ0n) is 12.0. The van der Waals surface area contributed by atoms with Crippen LogP contribution in [0.25, 0.3) is 0 Å². The standard InChI is InChI=1S/C16H25NO/c1-12-6-7-15(18)14(10-12)13(2)17-9-5-8-16(3,4)11-17/h6-7,10,13,18H,5,8-9,11H2,1-4H3. The summed E-state index contributed by atoms with van der Waals surface area (Å²) in [6, 6.07) is 6.19. The Balaban J connectivity index is 2.20. The molecule has 1 heterocycles. The fourth-order valence-electron chi connectivity index (χ4n) is 3.00. The summed E-state index contributed by atoms with van der Waals surface area (Å²) in [5, 5.41) is 10.0. The van der Waals surface area contributed by atoms with Crippen LogP contribution in [0.4, 0.5) is 0 Å². The summed E-state index contributed by atoms with van der Waals surface area (Å²) >= 11 is 0. The van der Waals surface area contributed by atoms with E-state index >= 15 is 0 Å². The van der Waals surface area contributed by atoms with Gasteiger partial charge >= 0.3 is 0 Å². The molecule has 0 aromatic heterocycles. The molecule has 18 heavy (non-hydrogen) atoms. The highest BCUT2D eigenvalue weighted by Crippen LogP contribution is 2.36. The molecule has 100 valence electrons. The molecule has 1 aromatic rings. The first-order valence-electron chi connectivity index (χ1n) is 6.93. The van der Waals surface area contributed by atoms with Crippen LogP contribution in [0.1, 0.15) is 50.8 Å². The van der Waals surface area contributed by atoms with Crippen molar-refractivity contribution in [3.8, 4) is 5.75 Å². The number of aryl methyl sites for hydroxylation is 1. The van der Waals surface area contributed by atoms with E-state index in [0.717, 1.165) is 18.7 Å². The lowest BCUT2D eigenvalue weighted by atomic mass is 9.83. The highest BCUT2D eigenvalue weighted by molar-refractivity contribution is 5.37. The first kappa shape index (κ1) is 13.4. The molecule has 2 nitrogen and oxygen atoms in total. The Morgan fingerprint density at radius 3 is 2.72 bits per heavy atom. The number of hydrogen-bond donors (Lipinski definition) is 1. The van der Waals surface area contributed by atoms with Gasteiger partial charge in [0.2, 0.25) is 0 Å². The van der Waals surface area contributed by atoms with E-state index in [9.17, 15) is 5.11 Å². The molecule has 0 bridgehead atoms. The summed E-state index contributed by atoms with van der Waals surface area (Å²) in [4.78, 5) is 2.50. The molecule has 0 radical (unpaired) electrons. The van der Waals surface area contributed by atoms with Crippen LogP contribution in [-0.2, 0) is 0 Å². The topological polar surface area (TPSA) is 23.5 Å². The third-order valence-electron chi connectivity index (χ3n) is 4.11. The average molecular weight is 247 g/mol. The van der Waals surface area contributed by atoms with E-state index in [2.05, 4.69) is 38.7 Å². The minimum Gasteiger partial charge on any atom is -0.508 e. The summed E-state index contributed by atoms with van der Waals surface area (Å²) < 4.78 is 0. The van der Waals surface area contributed by atoms with E-state index in [1.807, 2.05) is 12.1 Å². The van der Waals surface area contributed by atoms with Crippen LogP contribution in [0, 0.1) is 12.3 Å². The lowest BCUT2D eigenvalue weighted by molar-refractivity contribution is 0.0836. The monoisotopic (exact) mass is 247 g/mol. The fourth-order valence-corrected chi connectivity index (χ4v) is 3.00. The Labute approximate surface area is 111 Å². The molecule has 1 N–H and O–H groups in total. The third kappa shape index (κ3) is 2.86. The maximum atomic E-state index is 10.0. The van der Waals surface area contributed by atoms with Crippen molar-refractivity contribution >= 4 is 0 Å². The van der Waals surface area contributed by atoms with Gasteiger partial charge in [0, 0.05) is 18.2 Å². The number of phenols is 1. The van der Waals surface area contributed by atoms with Gasteiger partial charge in [0.05, 0.1) is 0 Å². The van der Waals surface area contributed by atoms with Crippen molar-refractivity contribution in [2.24, 2.45) is 5.41 Å². The van der Waals surface area contributed by atoms with Crippen LogP contribution in [0.3, 0.4) is 0 Å². The predicted molar refractivity (Wildman–Crippen MR) is 75.8 cm³/mol. The van der Waals surface area contributed by atoms with E-state index in [0.29, 0.717) is 17.2 Å². The van der Waals surface area contributed by atoms with Gasteiger partial charge in [0.15, 0.2) is 0 Å². The van der Waals surface area contributed by atoms with Crippen LogP contribution in [0.15, 0.2) is 18.2 Å². The van der Waals surface area contributed by atoms with E-state index in [4.69, 9.17) is 0 Å². The van der Waals surface area contributed by atoms with Gasteiger partial charge in [0.25, 0.3) is 0 Å². The van der Waals surface area contributed by atoms with Crippen molar-refractivity contribution in [3.05, 3.63) is 29.3 Å². The average Bonchev–Trinajstić information content (AvgIpc) is 2.30. The Morgan fingerprint density at radius 2 is 2.06 bits per heavy atom. The molecule has 1 aliphatic heterocycles. The normalized spacial score (nSPS) is 21.8. The number of hydrogen-bond acceptors (Lipinski definition) is 2. The first-order chi connectivity index (χ1) is 8.39. The number of rotatable bonds is 2. The highest BCUT2D eigenvalue weighted by atomic mass is 16.3. The molecule has 0 aliphatic carbocycles. The molecule has 0 saturated carbocycles. The minimum atomic E-state index is 0.296. The van der Waals surface area contributed by atoms with Crippen molar-refractivity contribution in [2.45, 2.75) is 46.6 Å². The molecular formula is C16H25NO. The Morgan fingerprint density at radius 1 is 1.33 bits per heavy atom. The van der Waals surface area contributed by atoms with Gasteiger partial charge in [-0.3, -0.25) is 4.90 Å². The summed E-state index contributed by atoms with van der Waals surface area (Å²) in [5.74, 6) is 0.427. The first-order valence-corrected chi connectivity index (χ1v) is 6.93. The number of nitrogens with zero attached hydrogens (tertiary/aromatic N) is 1. The quantitative estimate of drug-likeness (QED) is 0.857. The second-order valence-electron chi connectivity index (χ2n) is 6.48. The lowest BCUT2D eigenvalue weighted by Gasteiger charge is -2.41. The summed E-state index contributed by atoms with van der Waals surface area (Å²) in [5.41, 5.74) is 2.67. The molecule has 1 atom stereocenters. The largest absolute Gasteiger partial charge is 0.508 e. The number of aromatic hydroxyl groups is 1. The lowest BCUT2D eigenvalue weighted by Crippen LogP contribution is -2.41. The maximum Gasteiger partial charge on any atom is 0.120 e. The van der Waals surface area contributed by atoms with Crippen molar-refractivity contribution in [1.29, 1.82) is 0 Å². The molecule has 0 spiro atoms. The second kappa shape index (κ2) is 4.93. The zero-order valence-corrected chi connectivity index (χ0v) is 12.0.